The summed E-state index contributed by atoms with van der Waals surface area (Å²) in [5, 5.41) is 0. The average molecular weight is 284 g/mol. The molecule has 1 aliphatic heterocycles. The topological polar surface area (TPSA) is 68.2 Å². The third kappa shape index (κ3) is 3.34. The number of amides is 1. The molecule has 0 atom stereocenters. The SMILES string of the molecule is O=C(c1ccncc1)N1CCC(Oc2ncccn2)CC1. The van der Waals surface area contributed by atoms with Crippen LogP contribution in [0.15, 0.2) is 43.0 Å². The normalized spacial score (nSPS) is 15.7. The van der Waals surface area contributed by atoms with E-state index in [2.05, 4.69) is 15.0 Å². The van der Waals surface area contributed by atoms with Crippen molar-refractivity contribution in [3.63, 3.8) is 0 Å². The van der Waals surface area contributed by atoms with Gasteiger partial charge in [0, 0.05) is 56.3 Å². The molecule has 0 radical (unpaired) electrons. The third-order valence-corrected chi connectivity index (χ3v) is 3.47. The number of carbonyl (C=O) groups excluding carboxylic acids is 1. The zero-order valence-corrected chi connectivity index (χ0v) is 11.6. The van der Waals surface area contributed by atoms with E-state index in [0.717, 1.165) is 12.8 Å². The molecule has 3 heterocycles. The van der Waals surface area contributed by atoms with Crippen LogP contribution >= 0.6 is 0 Å². The molecule has 21 heavy (non-hydrogen) atoms. The summed E-state index contributed by atoms with van der Waals surface area (Å²) in [5.41, 5.74) is 0.677. The summed E-state index contributed by atoms with van der Waals surface area (Å²) in [6.07, 6.45) is 8.22. The largest absolute Gasteiger partial charge is 0.460 e. The summed E-state index contributed by atoms with van der Waals surface area (Å²) in [6, 6.07) is 5.63. The van der Waals surface area contributed by atoms with Gasteiger partial charge in [0.25, 0.3) is 5.91 Å². The maximum atomic E-state index is 12.3. The van der Waals surface area contributed by atoms with Crippen LogP contribution in [0, 0.1) is 0 Å². The van der Waals surface area contributed by atoms with Crippen molar-refractivity contribution in [2.45, 2.75) is 18.9 Å². The van der Waals surface area contributed by atoms with E-state index in [1.54, 1.807) is 43.0 Å². The van der Waals surface area contributed by atoms with Crippen LogP contribution in [0.5, 0.6) is 6.01 Å². The highest BCUT2D eigenvalue weighted by atomic mass is 16.5. The lowest BCUT2D eigenvalue weighted by Crippen LogP contribution is -2.41. The Balaban J connectivity index is 1.54. The molecule has 108 valence electrons. The van der Waals surface area contributed by atoms with Gasteiger partial charge in [0.15, 0.2) is 0 Å². The van der Waals surface area contributed by atoms with Crippen LogP contribution in [0.3, 0.4) is 0 Å². The first-order valence-corrected chi connectivity index (χ1v) is 6.96. The third-order valence-electron chi connectivity index (χ3n) is 3.47. The molecule has 6 nitrogen and oxygen atoms in total. The smallest absolute Gasteiger partial charge is 0.316 e. The van der Waals surface area contributed by atoms with E-state index in [9.17, 15) is 4.79 Å². The fourth-order valence-electron chi connectivity index (χ4n) is 2.35. The van der Waals surface area contributed by atoms with Gasteiger partial charge in [0.2, 0.25) is 0 Å². The second-order valence-corrected chi connectivity index (χ2v) is 4.88. The van der Waals surface area contributed by atoms with Crippen LogP contribution < -0.4 is 4.74 Å². The molecule has 2 aromatic rings. The lowest BCUT2D eigenvalue weighted by atomic mass is 10.1. The van der Waals surface area contributed by atoms with Crippen molar-refractivity contribution in [1.82, 2.24) is 19.9 Å². The molecule has 0 bridgehead atoms. The van der Waals surface area contributed by atoms with E-state index in [4.69, 9.17) is 4.74 Å². The van der Waals surface area contributed by atoms with E-state index >= 15 is 0 Å². The molecular weight excluding hydrogens is 268 g/mol. The Morgan fingerprint density at radius 2 is 1.76 bits per heavy atom. The lowest BCUT2D eigenvalue weighted by Gasteiger charge is -2.31. The van der Waals surface area contributed by atoms with Crippen molar-refractivity contribution in [2.75, 3.05) is 13.1 Å². The number of pyridine rings is 1. The van der Waals surface area contributed by atoms with Crippen molar-refractivity contribution in [2.24, 2.45) is 0 Å². The minimum atomic E-state index is 0.0480. The maximum absolute atomic E-state index is 12.3. The zero-order valence-electron chi connectivity index (χ0n) is 11.6. The number of hydrogen-bond donors (Lipinski definition) is 0. The Kier molecular flexibility index (Phi) is 4.04. The predicted octanol–water partition coefficient (Wildman–Crippen LogP) is 1.56. The number of nitrogens with zero attached hydrogens (tertiary/aromatic N) is 4. The molecule has 0 saturated carbocycles. The summed E-state index contributed by atoms with van der Waals surface area (Å²) < 4.78 is 5.72. The highest BCUT2D eigenvalue weighted by Gasteiger charge is 2.25. The Hall–Kier alpha value is -2.50. The van der Waals surface area contributed by atoms with Gasteiger partial charge in [-0.25, -0.2) is 9.97 Å². The van der Waals surface area contributed by atoms with Gasteiger partial charge in [-0.2, -0.15) is 0 Å². The number of ether oxygens (including phenoxy) is 1. The van der Waals surface area contributed by atoms with Gasteiger partial charge in [-0.15, -0.1) is 0 Å². The molecule has 0 unspecified atom stereocenters. The molecule has 0 aromatic carbocycles. The van der Waals surface area contributed by atoms with Gasteiger partial charge in [-0.3, -0.25) is 9.78 Å². The standard InChI is InChI=1S/C15H16N4O2/c20-14(12-2-8-16-9-3-12)19-10-4-13(5-11-19)21-15-17-6-1-7-18-15/h1-3,6-9,13H,4-5,10-11H2. The first-order valence-electron chi connectivity index (χ1n) is 6.96. The summed E-state index contributed by atoms with van der Waals surface area (Å²) in [5.74, 6) is 0.0480. The predicted molar refractivity (Wildman–Crippen MR) is 75.8 cm³/mol. The fraction of sp³-hybridized carbons (Fsp3) is 0.333. The first kappa shape index (κ1) is 13.5. The van der Waals surface area contributed by atoms with Crippen LogP contribution in [0.2, 0.25) is 0 Å². The van der Waals surface area contributed by atoms with Gasteiger partial charge < -0.3 is 9.64 Å². The molecule has 3 rings (SSSR count). The highest BCUT2D eigenvalue weighted by Crippen LogP contribution is 2.17. The van der Waals surface area contributed by atoms with Crippen molar-refractivity contribution in [3.05, 3.63) is 48.5 Å². The van der Waals surface area contributed by atoms with E-state index in [-0.39, 0.29) is 12.0 Å². The monoisotopic (exact) mass is 284 g/mol. The quantitative estimate of drug-likeness (QED) is 0.855. The number of aromatic nitrogens is 3. The summed E-state index contributed by atoms with van der Waals surface area (Å²) in [6.45, 7) is 1.36. The molecule has 1 aliphatic rings. The number of likely N-dealkylation sites (tertiary alicyclic amines) is 1. The number of carbonyl (C=O) groups is 1. The first-order chi connectivity index (χ1) is 10.3. The van der Waals surface area contributed by atoms with Gasteiger partial charge in [-0.05, 0) is 18.2 Å². The zero-order chi connectivity index (χ0) is 14.5. The van der Waals surface area contributed by atoms with E-state index < -0.39 is 0 Å². The lowest BCUT2D eigenvalue weighted by molar-refractivity contribution is 0.0578. The maximum Gasteiger partial charge on any atom is 0.316 e. The van der Waals surface area contributed by atoms with Gasteiger partial charge >= 0.3 is 6.01 Å². The Labute approximate surface area is 122 Å². The minimum absolute atomic E-state index is 0.0480. The number of hydrogen-bond acceptors (Lipinski definition) is 5. The molecular formula is C15H16N4O2. The van der Waals surface area contributed by atoms with E-state index in [0.29, 0.717) is 24.7 Å². The summed E-state index contributed by atoms with van der Waals surface area (Å²) in [7, 11) is 0. The van der Waals surface area contributed by atoms with Gasteiger partial charge in [0.05, 0.1) is 0 Å². The van der Waals surface area contributed by atoms with Crippen LogP contribution in [0.4, 0.5) is 0 Å². The van der Waals surface area contributed by atoms with Crippen LogP contribution in [0.1, 0.15) is 23.2 Å². The Bertz CT molecular complexity index is 583. The fourth-order valence-corrected chi connectivity index (χ4v) is 2.35. The Morgan fingerprint density at radius 3 is 2.43 bits per heavy atom. The molecule has 0 aliphatic carbocycles. The van der Waals surface area contributed by atoms with Crippen molar-refractivity contribution in [3.8, 4) is 6.01 Å². The van der Waals surface area contributed by atoms with Crippen molar-refractivity contribution >= 4 is 5.91 Å². The summed E-state index contributed by atoms with van der Waals surface area (Å²) in [4.78, 5) is 26.2. The van der Waals surface area contributed by atoms with Crippen LogP contribution in [-0.2, 0) is 0 Å². The van der Waals surface area contributed by atoms with Crippen molar-refractivity contribution < 1.29 is 9.53 Å². The van der Waals surface area contributed by atoms with E-state index in [1.807, 2.05) is 4.90 Å². The second-order valence-electron chi connectivity index (χ2n) is 4.88. The second kappa shape index (κ2) is 6.30. The molecule has 1 amide bonds. The minimum Gasteiger partial charge on any atom is -0.460 e. The molecule has 0 spiro atoms. The van der Waals surface area contributed by atoms with Crippen molar-refractivity contribution in [1.29, 1.82) is 0 Å². The highest BCUT2D eigenvalue weighted by molar-refractivity contribution is 5.94. The summed E-state index contributed by atoms with van der Waals surface area (Å²) >= 11 is 0. The molecule has 6 heteroatoms. The molecule has 0 N–H and O–H groups in total. The molecule has 2 aromatic heterocycles. The van der Waals surface area contributed by atoms with E-state index in [1.165, 1.54) is 0 Å². The Morgan fingerprint density at radius 1 is 1.10 bits per heavy atom. The molecule has 1 saturated heterocycles. The van der Waals surface area contributed by atoms with Gasteiger partial charge in [0.1, 0.15) is 6.10 Å². The number of rotatable bonds is 3. The average Bonchev–Trinajstić information content (AvgIpc) is 2.57. The number of piperidine rings is 1. The molecule has 1 fully saturated rings. The van der Waals surface area contributed by atoms with Gasteiger partial charge in [-0.1, -0.05) is 0 Å². The van der Waals surface area contributed by atoms with Crippen LogP contribution in [-0.4, -0.2) is 45.0 Å². The van der Waals surface area contributed by atoms with Crippen LogP contribution in [0.25, 0.3) is 0 Å².